The van der Waals surface area contributed by atoms with Crippen LogP contribution in [0.1, 0.15) is 58.8 Å². The molecule has 1 unspecified atom stereocenters. The van der Waals surface area contributed by atoms with Gasteiger partial charge in [0, 0.05) is 18.6 Å². The van der Waals surface area contributed by atoms with Gasteiger partial charge in [0.05, 0.1) is 0 Å². The molecule has 0 aliphatic heterocycles. The van der Waals surface area contributed by atoms with Gasteiger partial charge in [0.2, 0.25) is 0 Å². The standard InChI is InChI=1S/C15H30N2/c1-3-16-13(2)6-4-5-11-17(15-9-10-15)12-14-7-8-14/h13-16H,3-12H2,1-2H3. The van der Waals surface area contributed by atoms with Gasteiger partial charge in [-0.1, -0.05) is 13.3 Å². The van der Waals surface area contributed by atoms with Crippen LogP contribution < -0.4 is 5.32 Å². The normalized spacial score (nSPS) is 22.1. The number of nitrogens with one attached hydrogen (secondary N) is 1. The molecule has 2 heteroatoms. The van der Waals surface area contributed by atoms with E-state index in [0.717, 1.165) is 18.5 Å². The van der Waals surface area contributed by atoms with E-state index in [1.807, 2.05) is 0 Å². The highest BCUT2D eigenvalue weighted by Gasteiger charge is 2.32. The van der Waals surface area contributed by atoms with Crippen LogP contribution in [0.15, 0.2) is 0 Å². The van der Waals surface area contributed by atoms with Gasteiger partial charge in [-0.25, -0.2) is 0 Å². The smallest absolute Gasteiger partial charge is 0.00965 e. The van der Waals surface area contributed by atoms with E-state index in [-0.39, 0.29) is 0 Å². The molecule has 0 heterocycles. The summed E-state index contributed by atoms with van der Waals surface area (Å²) in [7, 11) is 0. The Balaban J connectivity index is 1.52. The summed E-state index contributed by atoms with van der Waals surface area (Å²) >= 11 is 0. The molecule has 17 heavy (non-hydrogen) atoms. The molecule has 0 bridgehead atoms. The molecular formula is C15H30N2. The predicted molar refractivity (Wildman–Crippen MR) is 74.3 cm³/mol. The van der Waals surface area contributed by atoms with E-state index in [1.54, 1.807) is 0 Å². The van der Waals surface area contributed by atoms with Crippen LogP contribution in [0.5, 0.6) is 0 Å². The van der Waals surface area contributed by atoms with Crippen molar-refractivity contribution in [3.8, 4) is 0 Å². The molecule has 2 nitrogen and oxygen atoms in total. The minimum Gasteiger partial charge on any atom is -0.315 e. The highest BCUT2D eigenvalue weighted by Crippen LogP contribution is 2.34. The Morgan fingerprint density at radius 3 is 2.53 bits per heavy atom. The molecule has 2 aliphatic carbocycles. The van der Waals surface area contributed by atoms with Crippen LogP contribution in [-0.2, 0) is 0 Å². The van der Waals surface area contributed by atoms with Crippen LogP contribution in [0.2, 0.25) is 0 Å². The molecule has 2 rings (SSSR count). The summed E-state index contributed by atoms with van der Waals surface area (Å²) in [5.41, 5.74) is 0. The molecule has 1 N–H and O–H groups in total. The lowest BCUT2D eigenvalue weighted by Crippen LogP contribution is -2.30. The number of hydrogen-bond donors (Lipinski definition) is 1. The molecule has 0 aromatic rings. The Hall–Kier alpha value is -0.0800. The quantitative estimate of drug-likeness (QED) is 0.589. The molecule has 0 aromatic carbocycles. The van der Waals surface area contributed by atoms with E-state index in [1.165, 1.54) is 58.0 Å². The molecule has 2 saturated carbocycles. The van der Waals surface area contributed by atoms with Gasteiger partial charge in [0.25, 0.3) is 0 Å². The van der Waals surface area contributed by atoms with Crippen LogP contribution in [-0.4, -0.2) is 36.6 Å². The van der Waals surface area contributed by atoms with Crippen LogP contribution in [0.4, 0.5) is 0 Å². The summed E-state index contributed by atoms with van der Waals surface area (Å²) in [6.07, 6.45) is 10.1. The molecule has 0 aromatic heterocycles. The van der Waals surface area contributed by atoms with Crippen molar-refractivity contribution in [1.29, 1.82) is 0 Å². The third-order valence-electron chi connectivity index (χ3n) is 4.14. The maximum atomic E-state index is 3.50. The van der Waals surface area contributed by atoms with E-state index in [4.69, 9.17) is 0 Å². The van der Waals surface area contributed by atoms with Crippen molar-refractivity contribution in [2.45, 2.75) is 70.9 Å². The summed E-state index contributed by atoms with van der Waals surface area (Å²) in [5.74, 6) is 1.07. The van der Waals surface area contributed by atoms with Gasteiger partial charge in [0.15, 0.2) is 0 Å². The lowest BCUT2D eigenvalue weighted by Gasteiger charge is -2.22. The number of rotatable bonds is 10. The van der Waals surface area contributed by atoms with Crippen molar-refractivity contribution in [3.05, 3.63) is 0 Å². The Morgan fingerprint density at radius 1 is 1.18 bits per heavy atom. The zero-order valence-electron chi connectivity index (χ0n) is 11.8. The minimum atomic E-state index is 0.706. The first-order valence-corrected chi connectivity index (χ1v) is 7.77. The first-order valence-electron chi connectivity index (χ1n) is 7.77. The van der Waals surface area contributed by atoms with Crippen LogP contribution in [0, 0.1) is 5.92 Å². The van der Waals surface area contributed by atoms with Crippen molar-refractivity contribution < 1.29 is 0 Å². The average molecular weight is 238 g/mol. The van der Waals surface area contributed by atoms with Gasteiger partial charge in [-0.3, -0.25) is 0 Å². The fourth-order valence-corrected chi connectivity index (χ4v) is 2.71. The topological polar surface area (TPSA) is 15.3 Å². The third-order valence-corrected chi connectivity index (χ3v) is 4.14. The SMILES string of the molecule is CCNC(C)CCCCN(CC1CC1)C1CC1. The Bertz CT molecular complexity index is 209. The summed E-state index contributed by atoms with van der Waals surface area (Å²) in [6, 6.07) is 1.68. The second-order valence-corrected chi connectivity index (χ2v) is 6.12. The predicted octanol–water partition coefficient (Wildman–Crippen LogP) is 3.03. The molecule has 0 amide bonds. The molecule has 100 valence electrons. The largest absolute Gasteiger partial charge is 0.315 e. The van der Waals surface area contributed by atoms with Gasteiger partial charge in [0.1, 0.15) is 0 Å². The Morgan fingerprint density at radius 2 is 1.94 bits per heavy atom. The van der Waals surface area contributed by atoms with E-state index in [9.17, 15) is 0 Å². The van der Waals surface area contributed by atoms with Gasteiger partial charge >= 0.3 is 0 Å². The molecule has 0 spiro atoms. The second-order valence-electron chi connectivity index (χ2n) is 6.12. The molecule has 2 aliphatic rings. The van der Waals surface area contributed by atoms with E-state index < -0.39 is 0 Å². The zero-order chi connectivity index (χ0) is 12.1. The molecule has 2 fully saturated rings. The number of hydrogen-bond acceptors (Lipinski definition) is 2. The van der Waals surface area contributed by atoms with Gasteiger partial charge < -0.3 is 10.2 Å². The Kier molecular flexibility index (Phi) is 5.30. The third kappa shape index (κ3) is 5.39. The van der Waals surface area contributed by atoms with Crippen molar-refractivity contribution in [2.24, 2.45) is 5.92 Å². The zero-order valence-corrected chi connectivity index (χ0v) is 11.8. The van der Waals surface area contributed by atoms with Gasteiger partial charge in [-0.2, -0.15) is 0 Å². The minimum absolute atomic E-state index is 0.706. The van der Waals surface area contributed by atoms with Gasteiger partial charge in [-0.05, 0) is 64.5 Å². The fourth-order valence-electron chi connectivity index (χ4n) is 2.71. The van der Waals surface area contributed by atoms with Crippen molar-refractivity contribution in [3.63, 3.8) is 0 Å². The maximum Gasteiger partial charge on any atom is 0.00965 e. The molecule has 0 radical (unpaired) electrons. The number of nitrogens with zero attached hydrogens (tertiary/aromatic N) is 1. The molecule has 0 saturated heterocycles. The maximum absolute atomic E-state index is 3.50. The van der Waals surface area contributed by atoms with Crippen molar-refractivity contribution in [2.75, 3.05) is 19.6 Å². The van der Waals surface area contributed by atoms with Crippen LogP contribution in [0.25, 0.3) is 0 Å². The van der Waals surface area contributed by atoms with E-state index in [0.29, 0.717) is 6.04 Å². The lowest BCUT2D eigenvalue weighted by atomic mass is 10.1. The lowest BCUT2D eigenvalue weighted by molar-refractivity contribution is 0.245. The summed E-state index contributed by atoms with van der Waals surface area (Å²) in [6.45, 7) is 8.39. The molecule has 1 atom stereocenters. The van der Waals surface area contributed by atoms with E-state index >= 15 is 0 Å². The summed E-state index contributed by atoms with van der Waals surface area (Å²) in [5, 5.41) is 3.50. The summed E-state index contributed by atoms with van der Waals surface area (Å²) in [4.78, 5) is 2.79. The number of unbranched alkanes of at least 4 members (excludes halogenated alkanes) is 1. The average Bonchev–Trinajstić information content (AvgIpc) is 3.15. The van der Waals surface area contributed by atoms with Crippen LogP contribution in [0.3, 0.4) is 0 Å². The molecular weight excluding hydrogens is 208 g/mol. The first-order chi connectivity index (χ1) is 8.29. The summed E-state index contributed by atoms with van der Waals surface area (Å²) < 4.78 is 0. The fraction of sp³-hybridized carbons (Fsp3) is 1.00. The van der Waals surface area contributed by atoms with Crippen molar-refractivity contribution >= 4 is 0 Å². The van der Waals surface area contributed by atoms with E-state index in [2.05, 4.69) is 24.1 Å². The second kappa shape index (κ2) is 6.75. The first kappa shape index (κ1) is 13.4. The highest BCUT2D eigenvalue weighted by molar-refractivity contribution is 4.88. The van der Waals surface area contributed by atoms with Crippen LogP contribution >= 0.6 is 0 Å². The van der Waals surface area contributed by atoms with Crippen molar-refractivity contribution in [1.82, 2.24) is 10.2 Å². The Labute approximate surface area is 107 Å². The van der Waals surface area contributed by atoms with Gasteiger partial charge in [-0.15, -0.1) is 0 Å². The monoisotopic (exact) mass is 238 g/mol. The highest BCUT2D eigenvalue weighted by atomic mass is 15.2.